The maximum atomic E-state index is 13.3. The van der Waals surface area contributed by atoms with Crippen LogP contribution in [0.4, 0.5) is 11.4 Å². The molecule has 0 bridgehead atoms. The van der Waals surface area contributed by atoms with Crippen LogP contribution in [0.25, 0.3) is 6.08 Å². The van der Waals surface area contributed by atoms with Gasteiger partial charge in [-0.05, 0) is 61.5 Å². The SMILES string of the molecule is COc1ccc(N2C(=O)/C(=C/c3cc(OC)c(N4CCCC4)cc3OC)C(=O)NC2=S)cc1. The molecule has 0 aromatic heterocycles. The topological polar surface area (TPSA) is 80.3 Å². The largest absolute Gasteiger partial charge is 0.497 e. The van der Waals surface area contributed by atoms with Crippen LogP contribution in [0.2, 0.25) is 0 Å². The van der Waals surface area contributed by atoms with Crippen LogP contribution in [0.1, 0.15) is 18.4 Å². The van der Waals surface area contributed by atoms with Gasteiger partial charge in [0.05, 0.1) is 32.7 Å². The predicted molar refractivity (Wildman–Crippen MR) is 130 cm³/mol. The standard InChI is InChI=1S/C24H25N3O5S/c1-30-17-8-6-16(7-9-17)27-23(29)18(22(28)25-24(27)33)12-15-13-21(32-3)19(14-20(15)31-2)26-10-4-5-11-26/h6-9,12-14H,4-5,10-11H2,1-3H3,(H,25,28,33)/b18-12+. The second-order valence-electron chi connectivity index (χ2n) is 7.62. The van der Waals surface area contributed by atoms with Gasteiger partial charge in [-0.25, -0.2) is 0 Å². The fourth-order valence-electron chi connectivity index (χ4n) is 4.00. The molecule has 2 fully saturated rings. The summed E-state index contributed by atoms with van der Waals surface area (Å²) in [5, 5.41) is 2.61. The van der Waals surface area contributed by atoms with Crippen molar-refractivity contribution in [2.45, 2.75) is 12.8 Å². The average Bonchev–Trinajstić information content (AvgIpc) is 3.36. The third kappa shape index (κ3) is 4.36. The molecular weight excluding hydrogens is 442 g/mol. The Bertz CT molecular complexity index is 1120. The first-order chi connectivity index (χ1) is 16.0. The van der Waals surface area contributed by atoms with Gasteiger partial charge in [-0.3, -0.25) is 19.8 Å². The average molecular weight is 468 g/mol. The molecule has 2 aromatic carbocycles. The second kappa shape index (κ2) is 9.50. The number of rotatable bonds is 6. The number of nitrogens with zero attached hydrogens (tertiary/aromatic N) is 2. The highest BCUT2D eigenvalue weighted by molar-refractivity contribution is 7.80. The zero-order valence-corrected chi connectivity index (χ0v) is 19.5. The lowest BCUT2D eigenvalue weighted by atomic mass is 10.0. The predicted octanol–water partition coefficient (Wildman–Crippen LogP) is 3.14. The minimum absolute atomic E-state index is 0.0150. The number of ether oxygens (including phenoxy) is 3. The van der Waals surface area contributed by atoms with Crippen molar-refractivity contribution in [3.05, 3.63) is 47.5 Å². The molecule has 9 heteroatoms. The Labute approximate surface area is 197 Å². The van der Waals surface area contributed by atoms with Crippen molar-refractivity contribution in [1.82, 2.24) is 5.32 Å². The molecule has 0 atom stereocenters. The van der Waals surface area contributed by atoms with Gasteiger partial charge in [-0.1, -0.05) is 0 Å². The fraction of sp³-hybridized carbons (Fsp3) is 0.292. The van der Waals surface area contributed by atoms with E-state index in [0.717, 1.165) is 31.6 Å². The van der Waals surface area contributed by atoms with E-state index in [0.29, 0.717) is 28.5 Å². The summed E-state index contributed by atoms with van der Waals surface area (Å²) in [7, 11) is 4.71. The number of carbonyl (C=O) groups is 2. The Morgan fingerprint density at radius 1 is 0.939 bits per heavy atom. The lowest BCUT2D eigenvalue weighted by molar-refractivity contribution is -0.122. The van der Waals surface area contributed by atoms with E-state index < -0.39 is 11.8 Å². The molecule has 2 aliphatic heterocycles. The molecule has 4 rings (SSSR count). The normalized spacial score (nSPS) is 17.4. The maximum absolute atomic E-state index is 13.3. The van der Waals surface area contributed by atoms with Crippen molar-refractivity contribution in [2.75, 3.05) is 44.2 Å². The van der Waals surface area contributed by atoms with Crippen molar-refractivity contribution in [3.8, 4) is 17.2 Å². The van der Waals surface area contributed by atoms with Crippen molar-refractivity contribution >= 4 is 46.6 Å². The second-order valence-corrected chi connectivity index (χ2v) is 8.00. The van der Waals surface area contributed by atoms with E-state index in [1.165, 1.54) is 11.0 Å². The minimum atomic E-state index is -0.570. The smallest absolute Gasteiger partial charge is 0.270 e. The number of methoxy groups -OCH3 is 3. The van der Waals surface area contributed by atoms with Crippen LogP contribution in [0.15, 0.2) is 42.0 Å². The number of hydrogen-bond donors (Lipinski definition) is 1. The van der Waals surface area contributed by atoms with E-state index in [1.54, 1.807) is 51.7 Å². The number of amides is 2. The molecule has 2 aromatic rings. The highest BCUT2D eigenvalue weighted by Crippen LogP contribution is 2.38. The highest BCUT2D eigenvalue weighted by atomic mass is 32.1. The van der Waals surface area contributed by atoms with Crippen LogP contribution in [-0.4, -0.2) is 51.3 Å². The first kappa shape index (κ1) is 22.6. The van der Waals surface area contributed by atoms with Crippen LogP contribution in [-0.2, 0) is 9.59 Å². The zero-order valence-electron chi connectivity index (χ0n) is 18.7. The third-order valence-corrected chi connectivity index (χ3v) is 5.99. The maximum Gasteiger partial charge on any atom is 0.270 e. The molecule has 0 spiro atoms. The van der Waals surface area contributed by atoms with Gasteiger partial charge in [0, 0.05) is 24.7 Å². The summed E-state index contributed by atoms with van der Waals surface area (Å²) in [4.78, 5) is 29.6. The van der Waals surface area contributed by atoms with E-state index in [2.05, 4.69) is 10.2 Å². The van der Waals surface area contributed by atoms with E-state index in [1.807, 2.05) is 6.07 Å². The minimum Gasteiger partial charge on any atom is -0.497 e. The summed E-state index contributed by atoms with van der Waals surface area (Å²) >= 11 is 5.27. The van der Waals surface area contributed by atoms with Crippen molar-refractivity contribution < 1.29 is 23.8 Å². The lowest BCUT2D eigenvalue weighted by Gasteiger charge is -2.29. The lowest BCUT2D eigenvalue weighted by Crippen LogP contribution is -2.54. The number of nitrogens with one attached hydrogen (secondary N) is 1. The third-order valence-electron chi connectivity index (χ3n) is 5.71. The zero-order chi connectivity index (χ0) is 23.5. The Hall–Kier alpha value is -3.59. The molecule has 2 aliphatic rings. The summed E-state index contributed by atoms with van der Waals surface area (Å²) in [6, 6.07) is 10.5. The first-order valence-electron chi connectivity index (χ1n) is 10.5. The Kier molecular flexibility index (Phi) is 6.50. The van der Waals surface area contributed by atoms with E-state index in [4.69, 9.17) is 26.4 Å². The van der Waals surface area contributed by atoms with Crippen LogP contribution in [0, 0.1) is 0 Å². The fourth-order valence-corrected chi connectivity index (χ4v) is 4.28. The molecule has 0 saturated carbocycles. The molecule has 2 saturated heterocycles. The van der Waals surface area contributed by atoms with E-state index in [9.17, 15) is 9.59 Å². The number of benzene rings is 2. The number of thiocarbonyl (C=S) groups is 1. The molecule has 0 unspecified atom stereocenters. The Balaban J connectivity index is 1.74. The van der Waals surface area contributed by atoms with Gasteiger partial charge in [0.2, 0.25) is 0 Å². The summed E-state index contributed by atoms with van der Waals surface area (Å²) < 4.78 is 16.4. The quantitative estimate of drug-likeness (QED) is 0.397. The number of hydrogen-bond acceptors (Lipinski definition) is 7. The van der Waals surface area contributed by atoms with E-state index in [-0.39, 0.29) is 10.7 Å². The van der Waals surface area contributed by atoms with Gasteiger partial charge in [0.15, 0.2) is 5.11 Å². The molecule has 2 heterocycles. The molecule has 172 valence electrons. The van der Waals surface area contributed by atoms with Gasteiger partial charge in [-0.2, -0.15) is 0 Å². The first-order valence-corrected chi connectivity index (χ1v) is 10.9. The van der Waals surface area contributed by atoms with Crippen LogP contribution >= 0.6 is 12.2 Å². The molecule has 2 amide bonds. The van der Waals surface area contributed by atoms with E-state index >= 15 is 0 Å². The molecule has 8 nitrogen and oxygen atoms in total. The van der Waals surface area contributed by atoms with Crippen molar-refractivity contribution in [1.29, 1.82) is 0 Å². The van der Waals surface area contributed by atoms with Crippen molar-refractivity contribution in [2.24, 2.45) is 0 Å². The number of carbonyl (C=O) groups excluding carboxylic acids is 2. The van der Waals surface area contributed by atoms with Crippen LogP contribution in [0.5, 0.6) is 17.2 Å². The highest BCUT2D eigenvalue weighted by Gasteiger charge is 2.35. The van der Waals surface area contributed by atoms with Gasteiger partial charge >= 0.3 is 0 Å². The van der Waals surface area contributed by atoms with Crippen LogP contribution in [0.3, 0.4) is 0 Å². The van der Waals surface area contributed by atoms with Gasteiger partial charge in [0.1, 0.15) is 22.8 Å². The van der Waals surface area contributed by atoms with Gasteiger partial charge in [-0.15, -0.1) is 0 Å². The Morgan fingerprint density at radius 2 is 1.61 bits per heavy atom. The molecular formula is C24H25N3O5S. The molecule has 33 heavy (non-hydrogen) atoms. The monoisotopic (exact) mass is 467 g/mol. The molecule has 1 N–H and O–H groups in total. The summed E-state index contributed by atoms with van der Waals surface area (Å²) in [5.74, 6) is 0.729. The van der Waals surface area contributed by atoms with Crippen LogP contribution < -0.4 is 29.3 Å². The summed E-state index contributed by atoms with van der Waals surface area (Å²) in [6.45, 7) is 1.88. The number of anilines is 2. The molecule has 0 radical (unpaired) electrons. The van der Waals surface area contributed by atoms with Gasteiger partial charge in [0.25, 0.3) is 11.8 Å². The summed E-state index contributed by atoms with van der Waals surface area (Å²) in [5.41, 5.74) is 1.94. The summed E-state index contributed by atoms with van der Waals surface area (Å²) in [6.07, 6.45) is 3.74. The van der Waals surface area contributed by atoms with Gasteiger partial charge < -0.3 is 19.1 Å². The van der Waals surface area contributed by atoms with Crippen molar-refractivity contribution in [3.63, 3.8) is 0 Å². The molecule has 0 aliphatic carbocycles. The Morgan fingerprint density at radius 3 is 2.21 bits per heavy atom.